The quantitative estimate of drug-likeness (QED) is 0.567. The summed E-state index contributed by atoms with van der Waals surface area (Å²) in [6.07, 6.45) is 2.12. The Morgan fingerprint density at radius 3 is 2.55 bits per heavy atom. The smallest absolute Gasteiger partial charge is 0.328 e. The Balaban J connectivity index is 2.23. The standard InChI is InChI=1S/C19H25N3O6S/c1-4-14(15-7-6-10-28-15)21-18(23)12-13-8-9-16(27-5-2)17(11-13)29(25,26)22-19(24)20-3/h6-11,14H,4-5,12H2,1-3H3,(H,21,23)(H2,20,22,24). The van der Waals surface area contributed by atoms with Gasteiger partial charge in [-0.25, -0.2) is 17.9 Å². The number of carbonyl (C=O) groups excluding carboxylic acids is 2. The van der Waals surface area contributed by atoms with E-state index in [0.29, 0.717) is 17.7 Å². The summed E-state index contributed by atoms with van der Waals surface area (Å²) in [4.78, 5) is 23.7. The average Bonchev–Trinajstić information content (AvgIpc) is 3.21. The van der Waals surface area contributed by atoms with Crippen LogP contribution in [0.4, 0.5) is 4.79 Å². The van der Waals surface area contributed by atoms with Gasteiger partial charge in [0.2, 0.25) is 5.91 Å². The van der Waals surface area contributed by atoms with Gasteiger partial charge in [0.1, 0.15) is 16.4 Å². The monoisotopic (exact) mass is 423 g/mol. The largest absolute Gasteiger partial charge is 0.492 e. The minimum absolute atomic E-state index is 0.0495. The summed E-state index contributed by atoms with van der Waals surface area (Å²) < 4.78 is 37.7. The van der Waals surface area contributed by atoms with E-state index < -0.39 is 16.1 Å². The molecule has 0 saturated carbocycles. The first kappa shape index (κ1) is 22.3. The third kappa shape index (κ3) is 5.98. The maximum Gasteiger partial charge on any atom is 0.328 e. The summed E-state index contributed by atoms with van der Waals surface area (Å²) >= 11 is 0. The lowest BCUT2D eigenvalue weighted by molar-refractivity contribution is -0.121. The van der Waals surface area contributed by atoms with Gasteiger partial charge in [0, 0.05) is 7.05 Å². The van der Waals surface area contributed by atoms with E-state index in [-0.39, 0.29) is 35.6 Å². The molecular formula is C19H25N3O6S. The first-order valence-electron chi connectivity index (χ1n) is 9.13. The second-order valence-corrected chi connectivity index (χ2v) is 7.77. The van der Waals surface area contributed by atoms with Crippen LogP contribution in [0.15, 0.2) is 45.9 Å². The van der Waals surface area contributed by atoms with Gasteiger partial charge >= 0.3 is 6.03 Å². The van der Waals surface area contributed by atoms with Crippen molar-refractivity contribution in [3.63, 3.8) is 0 Å². The summed E-state index contributed by atoms with van der Waals surface area (Å²) in [7, 11) is -2.88. The molecular weight excluding hydrogens is 398 g/mol. The van der Waals surface area contributed by atoms with Crippen molar-refractivity contribution in [3.8, 4) is 5.75 Å². The highest BCUT2D eigenvalue weighted by molar-refractivity contribution is 7.90. The molecule has 1 atom stereocenters. The zero-order valence-electron chi connectivity index (χ0n) is 16.5. The topological polar surface area (TPSA) is 127 Å². The Morgan fingerprint density at radius 2 is 1.97 bits per heavy atom. The predicted molar refractivity (Wildman–Crippen MR) is 106 cm³/mol. The molecule has 1 aromatic carbocycles. The van der Waals surface area contributed by atoms with Crippen molar-refractivity contribution in [1.29, 1.82) is 0 Å². The summed E-state index contributed by atoms with van der Waals surface area (Å²) in [5.41, 5.74) is 0.456. The fraction of sp³-hybridized carbons (Fsp3) is 0.368. The third-order valence-corrected chi connectivity index (χ3v) is 5.40. The lowest BCUT2D eigenvalue weighted by atomic mass is 10.1. The Hall–Kier alpha value is -3.01. The lowest BCUT2D eigenvalue weighted by Crippen LogP contribution is -2.37. The Kier molecular flexibility index (Phi) is 7.66. The second kappa shape index (κ2) is 9.97. The van der Waals surface area contributed by atoms with E-state index >= 15 is 0 Å². The summed E-state index contributed by atoms with van der Waals surface area (Å²) in [5, 5.41) is 5.05. The molecule has 0 aliphatic rings. The van der Waals surface area contributed by atoms with Crippen molar-refractivity contribution in [1.82, 2.24) is 15.4 Å². The Bertz CT molecular complexity index is 941. The molecule has 2 aromatic rings. The minimum atomic E-state index is -4.18. The van der Waals surface area contributed by atoms with Crippen LogP contribution in [0.5, 0.6) is 5.75 Å². The molecule has 9 nitrogen and oxygen atoms in total. The molecule has 0 radical (unpaired) electrons. The van der Waals surface area contributed by atoms with Crippen LogP contribution in [0.2, 0.25) is 0 Å². The number of benzene rings is 1. The van der Waals surface area contributed by atoms with E-state index in [4.69, 9.17) is 9.15 Å². The zero-order valence-corrected chi connectivity index (χ0v) is 17.3. The third-order valence-electron chi connectivity index (χ3n) is 4.05. The van der Waals surface area contributed by atoms with Gasteiger partial charge in [0.25, 0.3) is 10.0 Å². The summed E-state index contributed by atoms with van der Waals surface area (Å²) in [6, 6.07) is 6.77. The van der Waals surface area contributed by atoms with Gasteiger partial charge in [0.05, 0.1) is 25.3 Å². The molecule has 29 heavy (non-hydrogen) atoms. The van der Waals surface area contributed by atoms with Gasteiger partial charge in [0.15, 0.2) is 0 Å². The number of nitrogens with one attached hydrogen (secondary N) is 3. The molecule has 0 aliphatic heterocycles. The van der Waals surface area contributed by atoms with Crippen LogP contribution < -0.4 is 20.1 Å². The Labute approximate surface area is 169 Å². The Morgan fingerprint density at radius 1 is 1.21 bits per heavy atom. The molecule has 3 N–H and O–H groups in total. The first-order valence-corrected chi connectivity index (χ1v) is 10.6. The number of furan rings is 1. The van der Waals surface area contributed by atoms with Crippen molar-refractivity contribution in [2.45, 2.75) is 37.6 Å². The summed E-state index contributed by atoms with van der Waals surface area (Å²) in [5.74, 6) is 0.445. The normalized spacial score (nSPS) is 12.1. The average molecular weight is 423 g/mol. The number of sulfonamides is 1. The molecule has 1 unspecified atom stereocenters. The molecule has 0 aliphatic carbocycles. The fourth-order valence-electron chi connectivity index (χ4n) is 2.67. The molecule has 0 bridgehead atoms. The van der Waals surface area contributed by atoms with Crippen LogP contribution in [0, 0.1) is 0 Å². The van der Waals surface area contributed by atoms with Crippen LogP contribution in [0.25, 0.3) is 0 Å². The highest BCUT2D eigenvalue weighted by Gasteiger charge is 2.23. The molecule has 2 rings (SSSR count). The van der Waals surface area contributed by atoms with Crippen LogP contribution in [0.3, 0.4) is 0 Å². The lowest BCUT2D eigenvalue weighted by Gasteiger charge is -2.16. The van der Waals surface area contributed by atoms with E-state index in [1.807, 2.05) is 11.6 Å². The van der Waals surface area contributed by atoms with E-state index in [0.717, 1.165) is 0 Å². The highest BCUT2D eigenvalue weighted by atomic mass is 32.2. The van der Waals surface area contributed by atoms with Crippen molar-refractivity contribution < 1.29 is 27.2 Å². The fourth-order valence-corrected chi connectivity index (χ4v) is 3.82. The van der Waals surface area contributed by atoms with Crippen LogP contribution >= 0.6 is 0 Å². The maximum absolute atomic E-state index is 12.5. The zero-order chi connectivity index (χ0) is 21.4. The molecule has 0 fully saturated rings. The van der Waals surface area contributed by atoms with Gasteiger partial charge in [-0.05, 0) is 43.2 Å². The van der Waals surface area contributed by atoms with Crippen LogP contribution in [-0.2, 0) is 21.2 Å². The van der Waals surface area contributed by atoms with E-state index in [2.05, 4.69) is 10.6 Å². The molecule has 0 spiro atoms. The molecule has 3 amide bonds. The van der Waals surface area contributed by atoms with E-state index in [1.54, 1.807) is 25.1 Å². The maximum atomic E-state index is 12.5. The van der Waals surface area contributed by atoms with Gasteiger partial charge in [-0.1, -0.05) is 13.0 Å². The molecule has 158 valence electrons. The second-order valence-electron chi connectivity index (χ2n) is 6.12. The molecule has 0 saturated heterocycles. The van der Waals surface area contributed by atoms with Crippen molar-refractivity contribution in [2.24, 2.45) is 0 Å². The molecule has 10 heteroatoms. The van der Waals surface area contributed by atoms with Crippen LogP contribution in [0.1, 0.15) is 37.6 Å². The minimum Gasteiger partial charge on any atom is -0.492 e. The summed E-state index contributed by atoms with van der Waals surface area (Å²) in [6.45, 7) is 3.87. The van der Waals surface area contributed by atoms with Crippen molar-refractivity contribution >= 4 is 22.0 Å². The number of hydrogen-bond donors (Lipinski definition) is 3. The van der Waals surface area contributed by atoms with Crippen LogP contribution in [-0.4, -0.2) is 34.0 Å². The number of urea groups is 1. The van der Waals surface area contributed by atoms with E-state index in [9.17, 15) is 18.0 Å². The number of hydrogen-bond acceptors (Lipinski definition) is 6. The number of ether oxygens (including phenoxy) is 1. The SMILES string of the molecule is CCOc1ccc(CC(=O)NC(CC)c2ccco2)cc1S(=O)(=O)NC(=O)NC. The predicted octanol–water partition coefficient (Wildman–Crippen LogP) is 2.11. The van der Waals surface area contributed by atoms with Gasteiger partial charge in [-0.15, -0.1) is 0 Å². The number of rotatable bonds is 9. The van der Waals surface area contributed by atoms with Gasteiger partial charge < -0.3 is 19.8 Å². The van der Waals surface area contributed by atoms with Gasteiger partial charge in [-0.3, -0.25) is 4.79 Å². The first-order chi connectivity index (χ1) is 13.8. The highest BCUT2D eigenvalue weighted by Crippen LogP contribution is 2.26. The molecule has 1 heterocycles. The van der Waals surface area contributed by atoms with E-state index in [1.165, 1.54) is 25.4 Å². The van der Waals surface area contributed by atoms with Crippen molar-refractivity contribution in [2.75, 3.05) is 13.7 Å². The van der Waals surface area contributed by atoms with Gasteiger partial charge in [-0.2, -0.15) is 0 Å². The number of carbonyl (C=O) groups is 2. The number of amides is 3. The van der Waals surface area contributed by atoms with Crippen molar-refractivity contribution in [3.05, 3.63) is 47.9 Å². The molecule has 1 aromatic heterocycles.